The van der Waals surface area contributed by atoms with Gasteiger partial charge in [-0.05, 0) is 43.7 Å². The normalized spacial score (nSPS) is 11.4. The van der Waals surface area contributed by atoms with Gasteiger partial charge in [-0.25, -0.2) is 13.8 Å². The molecule has 2 heterocycles. The highest BCUT2D eigenvalue weighted by Crippen LogP contribution is 2.30. The van der Waals surface area contributed by atoms with Gasteiger partial charge in [0.15, 0.2) is 5.65 Å². The Morgan fingerprint density at radius 2 is 1.93 bits per heavy atom. The molecule has 0 unspecified atom stereocenters. The molecule has 0 atom stereocenters. The molecular formula is C20H18F2N4O. The maximum absolute atomic E-state index is 14.6. The van der Waals surface area contributed by atoms with Crippen LogP contribution in [0.3, 0.4) is 0 Å². The van der Waals surface area contributed by atoms with Crippen LogP contribution >= 0.6 is 0 Å². The Kier molecular flexibility index (Phi) is 4.43. The maximum atomic E-state index is 14.6. The van der Waals surface area contributed by atoms with Gasteiger partial charge in [0.2, 0.25) is 0 Å². The van der Waals surface area contributed by atoms with Crippen molar-refractivity contribution in [1.29, 1.82) is 0 Å². The SMILES string of the molecule is CCCCOc1ccc(F)c(-c2nc(C)c3nnc4cc(F)ccc4n23)c1. The van der Waals surface area contributed by atoms with E-state index in [9.17, 15) is 8.78 Å². The molecule has 2 aromatic heterocycles. The van der Waals surface area contributed by atoms with Gasteiger partial charge in [-0.15, -0.1) is 10.2 Å². The maximum Gasteiger partial charge on any atom is 0.183 e. The summed E-state index contributed by atoms with van der Waals surface area (Å²) < 4.78 is 35.6. The molecule has 0 saturated carbocycles. The molecule has 0 N–H and O–H groups in total. The van der Waals surface area contributed by atoms with E-state index >= 15 is 0 Å². The van der Waals surface area contributed by atoms with Gasteiger partial charge in [0, 0.05) is 6.07 Å². The van der Waals surface area contributed by atoms with Gasteiger partial charge < -0.3 is 4.74 Å². The van der Waals surface area contributed by atoms with E-state index in [-0.39, 0.29) is 0 Å². The highest BCUT2D eigenvalue weighted by atomic mass is 19.1. The summed E-state index contributed by atoms with van der Waals surface area (Å²) in [6.45, 7) is 4.42. The number of hydrogen-bond acceptors (Lipinski definition) is 4. The Bertz CT molecular complexity index is 1140. The van der Waals surface area contributed by atoms with Crippen molar-refractivity contribution in [3.63, 3.8) is 0 Å². The Balaban J connectivity index is 1.92. The number of ether oxygens (including phenoxy) is 1. The van der Waals surface area contributed by atoms with Crippen LogP contribution in [0.4, 0.5) is 8.78 Å². The Morgan fingerprint density at radius 3 is 2.74 bits per heavy atom. The first kappa shape index (κ1) is 17.3. The van der Waals surface area contributed by atoms with E-state index in [0.717, 1.165) is 12.8 Å². The quantitative estimate of drug-likeness (QED) is 0.479. The van der Waals surface area contributed by atoms with Crippen LogP contribution < -0.4 is 4.74 Å². The zero-order valence-corrected chi connectivity index (χ0v) is 15.0. The van der Waals surface area contributed by atoms with Gasteiger partial charge >= 0.3 is 0 Å². The molecule has 7 heteroatoms. The second-order valence-electron chi connectivity index (χ2n) is 6.36. The first-order chi connectivity index (χ1) is 13.1. The van der Waals surface area contributed by atoms with Crippen molar-refractivity contribution in [2.75, 3.05) is 6.61 Å². The lowest BCUT2D eigenvalue weighted by Gasteiger charge is -2.09. The smallest absolute Gasteiger partial charge is 0.183 e. The highest BCUT2D eigenvalue weighted by Gasteiger charge is 2.18. The van der Waals surface area contributed by atoms with Gasteiger partial charge in [0.05, 0.1) is 23.4 Å². The second-order valence-corrected chi connectivity index (χ2v) is 6.36. The molecule has 0 aliphatic heterocycles. The van der Waals surface area contributed by atoms with Crippen molar-refractivity contribution in [3.8, 4) is 17.1 Å². The van der Waals surface area contributed by atoms with E-state index in [1.807, 2.05) is 0 Å². The molecule has 27 heavy (non-hydrogen) atoms. The van der Waals surface area contributed by atoms with Gasteiger partial charge in [-0.3, -0.25) is 4.40 Å². The van der Waals surface area contributed by atoms with Gasteiger partial charge in [0.1, 0.15) is 28.7 Å². The fourth-order valence-electron chi connectivity index (χ4n) is 3.01. The van der Waals surface area contributed by atoms with Crippen LogP contribution in [0.5, 0.6) is 5.75 Å². The van der Waals surface area contributed by atoms with Crippen LogP contribution in [-0.4, -0.2) is 26.2 Å². The van der Waals surface area contributed by atoms with E-state index in [2.05, 4.69) is 22.1 Å². The number of halogens is 2. The molecule has 4 aromatic rings. The molecule has 0 saturated heterocycles. The number of aryl methyl sites for hydroxylation is 1. The molecule has 0 spiro atoms. The van der Waals surface area contributed by atoms with E-state index in [4.69, 9.17) is 4.74 Å². The van der Waals surface area contributed by atoms with Crippen molar-refractivity contribution in [3.05, 3.63) is 53.7 Å². The summed E-state index contributed by atoms with van der Waals surface area (Å²) in [4.78, 5) is 4.50. The van der Waals surface area contributed by atoms with Crippen molar-refractivity contribution in [2.24, 2.45) is 0 Å². The van der Waals surface area contributed by atoms with Crippen LogP contribution in [0.25, 0.3) is 28.1 Å². The predicted molar refractivity (Wildman–Crippen MR) is 98.8 cm³/mol. The Morgan fingerprint density at radius 1 is 1.07 bits per heavy atom. The van der Waals surface area contributed by atoms with Gasteiger partial charge in [-0.1, -0.05) is 13.3 Å². The summed E-state index contributed by atoms with van der Waals surface area (Å²) in [5.74, 6) is 0.128. The monoisotopic (exact) mass is 368 g/mol. The van der Waals surface area contributed by atoms with Crippen LogP contribution in [-0.2, 0) is 0 Å². The van der Waals surface area contributed by atoms with E-state index in [1.54, 1.807) is 29.5 Å². The zero-order valence-electron chi connectivity index (χ0n) is 15.0. The fourth-order valence-corrected chi connectivity index (χ4v) is 3.01. The molecule has 0 bridgehead atoms. The third-order valence-electron chi connectivity index (χ3n) is 4.40. The lowest BCUT2D eigenvalue weighted by Crippen LogP contribution is -2.00. The highest BCUT2D eigenvalue weighted by molar-refractivity contribution is 5.80. The fraction of sp³-hybridized carbons (Fsp3) is 0.250. The number of hydrogen-bond donors (Lipinski definition) is 0. The molecular weight excluding hydrogens is 350 g/mol. The second kappa shape index (κ2) is 6.90. The Labute approximate surface area is 154 Å². The first-order valence-electron chi connectivity index (χ1n) is 8.82. The summed E-state index contributed by atoms with van der Waals surface area (Å²) in [7, 11) is 0. The summed E-state index contributed by atoms with van der Waals surface area (Å²) in [6.07, 6.45) is 1.93. The van der Waals surface area contributed by atoms with Crippen LogP contribution in [0.15, 0.2) is 36.4 Å². The minimum Gasteiger partial charge on any atom is -0.494 e. The summed E-state index contributed by atoms with van der Waals surface area (Å²) in [6, 6.07) is 8.82. The standard InChI is InChI=1S/C20H18F2N4O/c1-3-4-9-27-14-6-7-16(22)15(11-14)20-23-12(2)19-25-24-17-10-13(21)5-8-18(17)26(19)20/h5-8,10-11H,3-4,9H2,1-2H3. The molecule has 0 amide bonds. The number of imidazole rings is 1. The summed E-state index contributed by atoms with van der Waals surface area (Å²) >= 11 is 0. The van der Waals surface area contributed by atoms with E-state index in [0.29, 0.717) is 46.1 Å². The van der Waals surface area contributed by atoms with Crippen molar-refractivity contribution < 1.29 is 13.5 Å². The number of benzene rings is 2. The minimum absolute atomic E-state index is 0.297. The third kappa shape index (κ3) is 3.09. The lowest BCUT2D eigenvalue weighted by atomic mass is 10.2. The van der Waals surface area contributed by atoms with Crippen molar-refractivity contribution >= 4 is 16.7 Å². The summed E-state index contributed by atoms with van der Waals surface area (Å²) in [5.41, 5.74) is 2.39. The molecule has 2 aromatic carbocycles. The van der Waals surface area contributed by atoms with E-state index in [1.165, 1.54) is 18.2 Å². The Hall–Kier alpha value is -3.09. The molecule has 0 radical (unpaired) electrons. The molecule has 5 nitrogen and oxygen atoms in total. The molecule has 0 aliphatic carbocycles. The first-order valence-corrected chi connectivity index (χ1v) is 8.82. The average Bonchev–Trinajstić information content (AvgIpc) is 3.00. The van der Waals surface area contributed by atoms with Crippen LogP contribution in [0, 0.1) is 18.6 Å². The van der Waals surface area contributed by atoms with Crippen LogP contribution in [0.1, 0.15) is 25.5 Å². The zero-order chi connectivity index (χ0) is 19.0. The van der Waals surface area contributed by atoms with Gasteiger partial charge in [0.25, 0.3) is 0 Å². The minimum atomic E-state index is -0.420. The number of nitrogens with zero attached hydrogens (tertiary/aromatic N) is 4. The number of rotatable bonds is 5. The lowest BCUT2D eigenvalue weighted by molar-refractivity contribution is 0.309. The van der Waals surface area contributed by atoms with Gasteiger partial charge in [-0.2, -0.15) is 0 Å². The van der Waals surface area contributed by atoms with E-state index < -0.39 is 11.6 Å². The molecule has 0 fully saturated rings. The summed E-state index contributed by atoms with van der Waals surface area (Å²) in [5, 5.41) is 8.20. The predicted octanol–water partition coefficient (Wildman–Crippen LogP) is 4.71. The van der Waals surface area contributed by atoms with Crippen molar-refractivity contribution in [1.82, 2.24) is 19.6 Å². The topological polar surface area (TPSA) is 52.3 Å². The molecule has 138 valence electrons. The van der Waals surface area contributed by atoms with Crippen LogP contribution in [0.2, 0.25) is 0 Å². The molecule has 0 aliphatic rings. The third-order valence-corrected chi connectivity index (χ3v) is 4.40. The number of unbranched alkanes of at least 4 members (excludes halogenated alkanes) is 1. The number of aromatic nitrogens is 4. The average molecular weight is 368 g/mol. The number of fused-ring (bicyclic) bond motifs is 3. The van der Waals surface area contributed by atoms with Crippen molar-refractivity contribution in [2.45, 2.75) is 26.7 Å². The molecule has 4 rings (SSSR count). The largest absolute Gasteiger partial charge is 0.494 e.